The first-order chi connectivity index (χ1) is 7.83. The molecule has 1 saturated heterocycles. The van der Waals surface area contributed by atoms with Gasteiger partial charge in [-0.3, -0.25) is 0 Å². The fourth-order valence-corrected chi connectivity index (χ4v) is 2.86. The van der Waals surface area contributed by atoms with E-state index in [0.717, 1.165) is 12.3 Å². The first kappa shape index (κ1) is 10.2. The summed E-state index contributed by atoms with van der Waals surface area (Å²) in [6.07, 6.45) is 3.91. The molecule has 2 nitrogen and oxygen atoms in total. The third kappa shape index (κ3) is 1.82. The van der Waals surface area contributed by atoms with Crippen molar-refractivity contribution in [3.63, 3.8) is 0 Å². The minimum absolute atomic E-state index is 0.359. The number of rotatable bonds is 2. The van der Waals surface area contributed by atoms with Crippen molar-refractivity contribution in [3.05, 3.63) is 29.3 Å². The van der Waals surface area contributed by atoms with Gasteiger partial charge < -0.3 is 10.1 Å². The number of fused-ring (bicyclic) bond motifs is 1. The summed E-state index contributed by atoms with van der Waals surface area (Å²) < 4.78 is 5.93. The lowest BCUT2D eigenvalue weighted by Gasteiger charge is -2.12. The van der Waals surface area contributed by atoms with E-state index >= 15 is 0 Å². The highest BCUT2D eigenvalue weighted by Crippen LogP contribution is 2.34. The number of para-hydroxylation sites is 1. The van der Waals surface area contributed by atoms with Crippen LogP contribution in [0.2, 0.25) is 0 Å². The van der Waals surface area contributed by atoms with Gasteiger partial charge in [0.25, 0.3) is 0 Å². The summed E-state index contributed by atoms with van der Waals surface area (Å²) in [6, 6.07) is 6.61. The second kappa shape index (κ2) is 4.10. The maximum Gasteiger partial charge on any atom is 0.126 e. The number of nitrogens with one attached hydrogen (secondary N) is 1. The number of hydrogen-bond acceptors (Lipinski definition) is 2. The smallest absolute Gasteiger partial charge is 0.126 e. The van der Waals surface area contributed by atoms with Crippen molar-refractivity contribution in [1.82, 2.24) is 5.32 Å². The molecule has 0 amide bonds. The molecular formula is C14H19NO. The molecule has 2 aliphatic heterocycles. The Morgan fingerprint density at radius 2 is 2.38 bits per heavy atom. The molecule has 0 bridgehead atoms. The van der Waals surface area contributed by atoms with Gasteiger partial charge in [0.05, 0.1) is 0 Å². The predicted octanol–water partition coefficient (Wildman–Crippen LogP) is 2.16. The van der Waals surface area contributed by atoms with Crippen LogP contribution in [0.4, 0.5) is 0 Å². The first-order valence-electron chi connectivity index (χ1n) is 6.31. The van der Waals surface area contributed by atoms with E-state index in [4.69, 9.17) is 4.74 Å². The Bertz CT molecular complexity index is 382. The predicted molar refractivity (Wildman–Crippen MR) is 64.9 cm³/mol. The summed E-state index contributed by atoms with van der Waals surface area (Å²) in [4.78, 5) is 0. The van der Waals surface area contributed by atoms with E-state index in [-0.39, 0.29) is 0 Å². The zero-order valence-electron chi connectivity index (χ0n) is 9.83. The molecule has 1 aromatic rings. The van der Waals surface area contributed by atoms with E-state index in [2.05, 4.69) is 30.4 Å². The van der Waals surface area contributed by atoms with Crippen molar-refractivity contribution in [2.75, 3.05) is 13.1 Å². The molecule has 1 fully saturated rings. The van der Waals surface area contributed by atoms with Crippen LogP contribution in [0.5, 0.6) is 5.75 Å². The molecule has 3 rings (SSSR count). The molecule has 0 saturated carbocycles. The van der Waals surface area contributed by atoms with Crippen LogP contribution in [0.15, 0.2) is 18.2 Å². The minimum Gasteiger partial charge on any atom is -0.490 e. The molecule has 1 N–H and O–H groups in total. The average Bonchev–Trinajstić information content (AvgIpc) is 2.86. The van der Waals surface area contributed by atoms with Crippen LogP contribution >= 0.6 is 0 Å². The van der Waals surface area contributed by atoms with Crippen LogP contribution < -0.4 is 10.1 Å². The van der Waals surface area contributed by atoms with Gasteiger partial charge in [-0.1, -0.05) is 18.2 Å². The molecule has 2 aliphatic rings. The van der Waals surface area contributed by atoms with Crippen molar-refractivity contribution in [2.24, 2.45) is 5.92 Å². The third-order valence-electron chi connectivity index (χ3n) is 3.68. The minimum atomic E-state index is 0.359. The third-order valence-corrected chi connectivity index (χ3v) is 3.68. The Balaban J connectivity index is 1.82. The Hall–Kier alpha value is -1.02. The largest absolute Gasteiger partial charge is 0.490 e. The molecule has 0 aliphatic carbocycles. The fraction of sp³-hybridized carbons (Fsp3) is 0.571. The Kier molecular flexibility index (Phi) is 2.60. The molecule has 2 heteroatoms. The first-order valence-corrected chi connectivity index (χ1v) is 6.31. The van der Waals surface area contributed by atoms with E-state index in [1.807, 2.05) is 0 Å². The molecule has 2 heterocycles. The maximum absolute atomic E-state index is 5.93. The lowest BCUT2D eigenvalue weighted by molar-refractivity contribution is 0.252. The molecule has 0 spiro atoms. The van der Waals surface area contributed by atoms with E-state index in [0.29, 0.717) is 6.10 Å². The van der Waals surface area contributed by atoms with Gasteiger partial charge in [0.15, 0.2) is 0 Å². The van der Waals surface area contributed by atoms with Crippen LogP contribution in [-0.2, 0) is 12.8 Å². The van der Waals surface area contributed by atoms with Gasteiger partial charge in [0, 0.05) is 6.42 Å². The van der Waals surface area contributed by atoms with Crippen LogP contribution in [-0.4, -0.2) is 19.2 Å². The highest BCUT2D eigenvalue weighted by molar-refractivity contribution is 5.44. The van der Waals surface area contributed by atoms with Crippen molar-refractivity contribution in [3.8, 4) is 5.75 Å². The number of ether oxygens (including phenoxy) is 1. The number of hydrogen-bond donors (Lipinski definition) is 1. The van der Waals surface area contributed by atoms with E-state index < -0.39 is 0 Å². The summed E-state index contributed by atoms with van der Waals surface area (Å²) in [7, 11) is 0. The van der Waals surface area contributed by atoms with E-state index in [1.54, 1.807) is 0 Å². The molecule has 1 aromatic carbocycles. The van der Waals surface area contributed by atoms with Crippen LogP contribution in [0.25, 0.3) is 0 Å². The second-order valence-corrected chi connectivity index (χ2v) is 5.10. The lowest BCUT2D eigenvalue weighted by atomic mass is 9.96. The maximum atomic E-state index is 5.93. The highest BCUT2D eigenvalue weighted by Gasteiger charge is 2.24. The van der Waals surface area contributed by atoms with Crippen LogP contribution in [0.1, 0.15) is 24.5 Å². The van der Waals surface area contributed by atoms with E-state index in [9.17, 15) is 0 Å². The molecule has 16 heavy (non-hydrogen) atoms. The summed E-state index contributed by atoms with van der Waals surface area (Å²) in [6.45, 7) is 4.50. The highest BCUT2D eigenvalue weighted by atomic mass is 16.5. The second-order valence-electron chi connectivity index (χ2n) is 5.10. The van der Waals surface area contributed by atoms with E-state index in [1.165, 1.54) is 42.8 Å². The topological polar surface area (TPSA) is 21.3 Å². The van der Waals surface area contributed by atoms with Crippen molar-refractivity contribution in [2.45, 2.75) is 32.3 Å². The molecule has 2 atom stereocenters. The summed E-state index contributed by atoms with van der Waals surface area (Å²) >= 11 is 0. The molecule has 0 aromatic heterocycles. The Morgan fingerprint density at radius 3 is 3.19 bits per heavy atom. The van der Waals surface area contributed by atoms with Crippen molar-refractivity contribution >= 4 is 0 Å². The van der Waals surface area contributed by atoms with Gasteiger partial charge in [0.2, 0.25) is 0 Å². The van der Waals surface area contributed by atoms with Crippen LogP contribution in [0.3, 0.4) is 0 Å². The van der Waals surface area contributed by atoms with Gasteiger partial charge in [-0.05, 0) is 49.9 Å². The SMILES string of the molecule is CC1Cc2cccc(CC3CCNC3)c2O1. The quantitative estimate of drug-likeness (QED) is 0.819. The summed E-state index contributed by atoms with van der Waals surface area (Å²) in [5, 5.41) is 3.43. The van der Waals surface area contributed by atoms with Gasteiger partial charge in [-0.15, -0.1) is 0 Å². The van der Waals surface area contributed by atoms with Gasteiger partial charge >= 0.3 is 0 Å². The fourth-order valence-electron chi connectivity index (χ4n) is 2.86. The zero-order valence-corrected chi connectivity index (χ0v) is 9.83. The Labute approximate surface area is 97.0 Å². The zero-order chi connectivity index (χ0) is 11.0. The van der Waals surface area contributed by atoms with Crippen molar-refractivity contribution in [1.29, 1.82) is 0 Å². The Morgan fingerprint density at radius 1 is 1.44 bits per heavy atom. The molecule has 0 radical (unpaired) electrons. The number of benzene rings is 1. The summed E-state index contributed by atoms with van der Waals surface area (Å²) in [5.41, 5.74) is 2.81. The van der Waals surface area contributed by atoms with Gasteiger partial charge in [-0.2, -0.15) is 0 Å². The van der Waals surface area contributed by atoms with Gasteiger partial charge in [-0.25, -0.2) is 0 Å². The normalized spacial score (nSPS) is 27.8. The molecular weight excluding hydrogens is 198 g/mol. The lowest BCUT2D eigenvalue weighted by Crippen LogP contribution is -2.11. The molecule has 86 valence electrons. The summed E-state index contributed by atoms with van der Waals surface area (Å²) in [5.74, 6) is 1.98. The monoisotopic (exact) mass is 217 g/mol. The van der Waals surface area contributed by atoms with Gasteiger partial charge in [0.1, 0.15) is 11.9 Å². The average molecular weight is 217 g/mol. The standard InChI is InChI=1S/C14H19NO/c1-10-7-12-3-2-4-13(14(12)16-10)8-11-5-6-15-9-11/h2-4,10-11,15H,5-9H2,1H3. The van der Waals surface area contributed by atoms with Crippen molar-refractivity contribution < 1.29 is 4.74 Å². The van der Waals surface area contributed by atoms with Crippen LogP contribution in [0, 0.1) is 5.92 Å². The molecule has 2 unspecified atom stereocenters.